The Morgan fingerprint density at radius 2 is 1.94 bits per heavy atom. The van der Waals surface area contributed by atoms with E-state index in [4.69, 9.17) is 0 Å². The molecule has 2 saturated heterocycles. The maximum atomic E-state index is 4.14. The third kappa shape index (κ3) is 2.91. The van der Waals surface area contributed by atoms with Crippen molar-refractivity contribution in [2.45, 2.75) is 26.3 Å². The van der Waals surface area contributed by atoms with Crippen molar-refractivity contribution in [3.8, 4) is 0 Å². The van der Waals surface area contributed by atoms with Gasteiger partial charge >= 0.3 is 0 Å². The van der Waals surface area contributed by atoms with Gasteiger partial charge in [0, 0.05) is 32.2 Å². The average molecular weight is 335 g/mol. The van der Waals surface area contributed by atoms with Gasteiger partial charge in [-0.25, -0.2) is 0 Å². The van der Waals surface area contributed by atoms with E-state index < -0.39 is 0 Å². The van der Waals surface area contributed by atoms with Crippen molar-refractivity contribution in [2.24, 2.45) is 0 Å². The van der Waals surface area contributed by atoms with E-state index >= 15 is 0 Å². The van der Waals surface area contributed by atoms with E-state index in [1.165, 1.54) is 6.42 Å². The van der Waals surface area contributed by atoms with Crippen LogP contribution in [0.15, 0.2) is 24.6 Å². The summed E-state index contributed by atoms with van der Waals surface area (Å²) in [5.41, 5.74) is 2.17. The van der Waals surface area contributed by atoms with E-state index in [1.807, 2.05) is 13.8 Å². The van der Waals surface area contributed by atoms with Gasteiger partial charge in [-0.15, -0.1) is 0 Å². The second-order valence-corrected chi connectivity index (χ2v) is 4.98. The standard InChI is InChI=1S/C10H16IN3.C2H6/c1-8-9(2)14(11)5-3-10-7-12-4-6-13(8)10;1-2/h10,12H,1-7H2;1-2H3. The molecule has 1 atom stereocenters. The highest BCUT2D eigenvalue weighted by molar-refractivity contribution is 14.1. The molecule has 0 spiro atoms. The van der Waals surface area contributed by atoms with Crippen molar-refractivity contribution in [3.63, 3.8) is 0 Å². The van der Waals surface area contributed by atoms with Crippen molar-refractivity contribution in [3.05, 3.63) is 24.6 Å². The fourth-order valence-corrected chi connectivity index (χ4v) is 2.63. The van der Waals surface area contributed by atoms with Crippen LogP contribution in [0.25, 0.3) is 0 Å². The molecule has 16 heavy (non-hydrogen) atoms. The zero-order chi connectivity index (χ0) is 12.1. The summed E-state index contributed by atoms with van der Waals surface area (Å²) in [5, 5.41) is 3.43. The van der Waals surface area contributed by atoms with Crippen molar-refractivity contribution in [1.82, 2.24) is 13.3 Å². The highest BCUT2D eigenvalue weighted by Crippen LogP contribution is 2.27. The van der Waals surface area contributed by atoms with Gasteiger partial charge in [0.15, 0.2) is 0 Å². The lowest BCUT2D eigenvalue weighted by Gasteiger charge is -2.37. The predicted molar refractivity (Wildman–Crippen MR) is 78.3 cm³/mol. The van der Waals surface area contributed by atoms with Crippen LogP contribution in [0.3, 0.4) is 0 Å². The molecule has 1 N–H and O–H groups in total. The largest absolute Gasteiger partial charge is 0.365 e. The number of hydrogen-bond donors (Lipinski definition) is 1. The number of piperazine rings is 1. The first-order chi connectivity index (χ1) is 7.70. The number of fused-ring (bicyclic) bond motifs is 1. The van der Waals surface area contributed by atoms with E-state index in [0.29, 0.717) is 6.04 Å². The molecule has 2 heterocycles. The summed E-state index contributed by atoms with van der Waals surface area (Å²) in [7, 11) is 0. The Morgan fingerprint density at radius 3 is 2.62 bits per heavy atom. The molecule has 2 aliphatic rings. The van der Waals surface area contributed by atoms with Crippen molar-refractivity contribution >= 4 is 22.9 Å². The first-order valence-corrected chi connectivity index (χ1v) is 6.95. The molecule has 4 heteroatoms. The first-order valence-electron chi connectivity index (χ1n) is 5.99. The SMILES string of the molecule is C=C1C(=C)N2CCNCC2CCN1I.CC. The smallest absolute Gasteiger partial charge is 0.0613 e. The summed E-state index contributed by atoms with van der Waals surface area (Å²) in [5.74, 6) is 0. The monoisotopic (exact) mass is 335 g/mol. The summed E-state index contributed by atoms with van der Waals surface area (Å²) in [6, 6.07) is 0.604. The van der Waals surface area contributed by atoms with Crippen molar-refractivity contribution in [1.29, 1.82) is 0 Å². The second kappa shape index (κ2) is 6.49. The van der Waals surface area contributed by atoms with Crippen LogP contribution in [-0.2, 0) is 0 Å². The summed E-state index contributed by atoms with van der Waals surface area (Å²) in [6.07, 6.45) is 1.19. The lowest BCUT2D eigenvalue weighted by atomic mass is 10.1. The van der Waals surface area contributed by atoms with Crippen molar-refractivity contribution in [2.75, 3.05) is 26.2 Å². The van der Waals surface area contributed by atoms with E-state index in [9.17, 15) is 0 Å². The molecular weight excluding hydrogens is 313 g/mol. The van der Waals surface area contributed by atoms with Crippen LogP contribution in [-0.4, -0.2) is 40.2 Å². The fraction of sp³-hybridized carbons (Fsp3) is 0.667. The Morgan fingerprint density at radius 1 is 1.25 bits per heavy atom. The molecule has 0 bridgehead atoms. The molecule has 0 aliphatic carbocycles. The quantitative estimate of drug-likeness (QED) is 0.542. The number of rotatable bonds is 0. The number of nitrogens with zero attached hydrogens (tertiary/aromatic N) is 2. The number of halogens is 1. The fourth-order valence-electron chi connectivity index (χ4n) is 2.08. The molecule has 1 unspecified atom stereocenters. The van der Waals surface area contributed by atoms with Crippen LogP contribution in [0.4, 0.5) is 0 Å². The Hall–Kier alpha value is -0.230. The Kier molecular flexibility index (Phi) is 5.61. The number of nitrogens with one attached hydrogen (secondary N) is 1. The highest BCUT2D eigenvalue weighted by Gasteiger charge is 2.28. The lowest BCUT2D eigenvalue weighted by molar-refractivity contribution is 0.212. The third-order valence-corrected chi connectivity index (χ3v) is 4.05. The summed E-state index contributed by atoms with van der Waals surface area (Å²) >= 11 is 2.32. The zero-order valence-electron chi connectivity index (χ0n) is 10.3. The molecule has 2 rings (SSSR count). The summed E-state index contributed by atoms with van der Waals surface area (Å²) in [4.78, 5) is 2.40. The van der Waals surface area contributed by atoms with Gasteiger partial charge in [-0.05, 0) is 6.42 Å². The Bertz CT molecular complexity index is 265. The molecular formula is C12H22IN3. The molecule has 2 fully saturated rings. The molecule has 0 amide bonds. The van der Waals surface area contributed by atoms with Gasteiger partial charge in [-0.3, -0.25) is 0 Å². The maximum Gasteiger partial charge on any atom is 0.0613 e. The molecule has 92 valence electrons. The molecule has 0 aromatic carbocycles. The van der Waals surface area contributed by atoms with E-state index in [0.717, 1.165) is 37.6 Å². The van der Waals surface area contributed by atoms with Crippen molar-refractivity contribution < 1.29 is 0 Å². The molecule has 0 saturated carbocycles. The van der Waals surface area contributed by atoms with Gasteiger partial charge in [0.05, 0.1) is 34.3 Å². The predicted octanol–water partition coefficient (Wildman–Crippen LogP) is 2.37. The van der Waals surface area contributed by atoms with Crippen LogP contribution >= 0.6 is 22.9 Å². The van der Waals surface area contributed by atoms with E-state index in [-0.39, 0.29) is 0 Å². The van der Waals surface area contributed by atoms with Gasteiger partial charge < -0.3 is 13.3 Å². The number of hydrogen-bond acceptors (Lipinski definition) is 3. The van der Waals surface area contributed by atoms with Gasteiger partial charge in [0.2, 0.25) is 0 Å². The second-order valence-electron chi connectivity index (χ2n) is 3.82. The van der Waals surface area contributed by atoms with E-state index in [1.54, 1.807) is 0 Å². The molecule has 0 aromatic rings. The van der Waals surface area contributed by atoms with Crippen LogP contribution in [0.1, 0.15) is 20.3 Å². The lowest BCUT2D eigenvalue weighted by Crippen LogP contribution is -2.50. The summed E-state index contributed by atoms with van der Waals surface area (Å²) < 4.78 is 2.18. The summed E-state index contributed by atoms with van der Waals surface area (Å²) in [6.45, 7) is 16.5. The van der Waals surface area contributed by atoms with Crippen LogP contribution in [0, 0.1) is 0 Å². The minimum absolute atomic E-state index is 0.604. The molecule has 3 nitrogen and oxygen atoms in total. The minimum Gasteiger partial charge on any atom is -0.365 e. The normalized spacial score (nSPS) is 25.6. The van der Waals surface area contributed by atoms with Gasteiger partial charge in [-0.1, -0.05) is 27.0 Å². The van der Waals surface area contributed by atoms with Gasteiger partial charge in [0.1, 0.15) is 0 Å². The van der Waals surface area contributed by atoms with Crippen LogP contribution in [0.2, 0.25) is 0 Å². The molecule has 0 radical (unpaired) electrons. The van der Waals surface area contributed by atoms with E-state index in [2.05, 4.69) is 49.4 Å². The van der Waals surface area contributed by atoms with Gasteiger partial charge in [-0.2, -0.15) is 0 Å². The van der Waals surface area contributed by atoms with Gasteiger partial charge in [0.25, 0.3) is 0 Å². The average Bonchev–Trinajstić information content (AvgIpc) is 2.46. The first kappa shape index (κ1) is 13.8. The van der Waals surface area contributed by atoms with Crippen LogP contribution in [0.5, 0.6) is 0 Å². The zero-order valence-corrected chi connectivity index (χ0v) is 12.5. The molecule has 2 aliphatic heterocycles. The Balaban J connectivity index is 0.000000606. The molecule has 0 aromatic heterocycles. The Labute approximate surface area is 113 Å². The minimum atomic E-state index is 0.604. The maximum absolute atomic E-state index is 4.14. The topological polar surface area (TPSA) is 18.5 Å². The third-order valence-electron chi connectivity index (χ3n) is 2.98. The van der Waals surface area contributed by atoms with Crippen LogP contribution < -0.4 is 5.32 Å². The highest BCUT2D eigenvalue weighted by atomic mass is 127.